The van der Waals surface area contributed by atoms with Gasteiger partial charge in [-0.25, -0.2) is 13.4 Å². The Hall–Kier alpha value is -2.04. The third-order valence-electron chi connectivity index (χ3n) is 6.54. The average Bonchev–Trinajstić information content (AvgIpc) is 3.04. The lowest BCUT2D eigenvalue weighted by Gasteiger charge is -2.36. The number of rotatable bonds is 4. The zero-order chi connectivity index (χ0) is 22.3. The van der Waals surface area contributed by atoms with Gasteiger partial charge in [0, 0.05) is 44.3 Å². The highest BCUT2D eigenvalue weighted by molar-refractivity contribution is 7.89. The average molecular weight is 450 g/mol. The molecule has 0 N–H and O–H groups in total. The molecule has 2 aliphatic rings. The first kappa shape index (κ1) is 22.2. The monoisotopic (exact) mass is 449 g/mol. The molecule has 2 aromatic rings. The van der Waals surface area contributed by atoms with E-state index in [9.17, 15) is 13.2 Å². The Kier molecular flexibility index (Phi) is 6.06. The fourth-order valence-electron chi connectivity index (χ4n) is 4.81. The van der Waals surface area contributed by atoms with Crippen molar-refractivity contribution in [1.29, 1.82) is 0 Å². The summed E-state index contributed by atoms with van der Waals surface area (Å²) in [5, 5.41) is 4.90. The summed E-state index contributed by atoms with van der Waals surface area (Å²) in [7, 11) is -1.57. The standard InChI is InChI=1S/C21H31N5O4S/c1-14-18(15(2)22-21-20(14)16(3)23-24(21)4)12-19(27)25-7-5-6-17(13-25)31(28,29)26-8-10-30-11-9-26/h17H,5-13H2,1-4H3. The molecule has 2 saturated heterocycles. The van der Waals surface area contributed by atoms with E-state index in [4.69, 9.17) is 4.74 Å². The largest absolute Gasteiger partial charge is 0.379 e. The minimum atomic E-state index is -3.44. The van der Waals surface area contributed by atoms with Gasteiger partial charge < -0.3 is 9.64 Å². The number of piperidine rings is 1. The van der Waals surface area contributed by atoms with Crippen molar-refractivity contribution < 1.29 is 17.9 Å². The number of hydrogen-bond acceptors (Lipinski definition) is 6. The van der Waals surface area contributed by atoms with Crippen LogP contribution in [0.2, 0.25) is 0 Å². The molecule has 1 atom stereocenters. The summed E-state index contributed by atoms with van der Waals surface area (Å²) >= 11 is 0. The molecule has 0 radical (unpaired) electrons. The van der Waals surface area contributed by atoms with Crippen LogP contribution in [-0.4, -0.2) is 82.9 Å². The zero-order valence-electron chi connectivity index (χ0n) is 18.7. The molecule has 4 heterocycles. The lowest BCUT2D eigenvalue weighted by atomic mass is 9.99. The molecule has 2 fully saturated rings. The van der Waals surface area contributed by atoms with Crippen LogP contribution in [0.25, 0.3) is 11.0 Å². The van der Waals surface area contributed by atoms with Crippen molar-refractivity contribution in [3.63, 3.8) is 0 Å². The number of likely N-dealkylation sites (tertiary alicyclic amines) is 1. The Morgan fingerprint density at radius 1 is 1.13 bits per heavy atom. The van der Waals surface area contributed by atoms with Gasteiger partial charge in [0.1, 0.15) is 0 Å². The molecule has 170 valence electrons. The van der Waals surface area contributed by atoms with E-state index in [-0.39, 0.29) is 18.9 Å². The van der Waals surface area contributed by atoms with E-state index < -0.39 is 15.3 Å². The number of morpholine rings is 1. The molecule has 10 heteroatoms. The first-order chi connectivity index (χ1) is 14.7. The Morgan fingerprint density at radius 2 is 1.84 bits per heavy atom. The van der Waals surface area contributed by atoms with Gasteiger partial charge in [0.15, 0.2) is 5.65 Å². The van der Waals surface area contributed by atoms with Crippen LogP contribution in [0, 0.1) is 20.8 Å². The molecule has 1 amide bonds. The summed E-state index contributed by atoms with van der Waals surface area (Å²) in [5.74, 6) is -0.0456. The molecule has 1 unspecified atom stereocenters. The van der Waals surface area contributed by atoms with Gasteiger partial charge in [-0.2, -0.15) is 9.40 Å². The lowest BCUT2D eigenvalue weighted by molar-refractivity contribution is -0.131. The molecule has 9 nitrogen and oxygen atoms in total. The van der Waals surface area contributed by atoms with E-state index in [2.05, 4.69) is 10.1 Å². The van der Waals surface area contributed by atoms with Gasteiger partial charge in [0.05, 0.1) is 30.6 Å². The van der Waals surface area contributed by atoms with Crippen molar-refractivity contribution >= 4 is 27.0 Å². The highest BCUT2D eigenvalue weighted by Gasteiger charge is 2.37. The number of ether oxygens (including phenoxy) is 1. The summed E-state index contributed by atoms with van der Waals surface area (Å²) in [5.41, 5.74) is 4.46. The molecule has 4 rings (SSSR count). The molecular formula is C21H31N5O4S. The van der Waals surface area contributed by atoms with Crippen LogP contribution in [0.15, 0.2) is 0 Å². The van der Waals surface area contributed by atoms with Crippen LogP contribution in [0.5, 0.6) is 0 Å². The third-order valence-corrected chi connectivity index (χ3v) is 8.85. The third kappa shape index (κ3) is 4.08. The Labute approximate surface area is 183 Å². The predicted octanol–water partition coefficient (Wildman–Crippen LogP) is 1.09. The van der Waals surface area contributed by atoms with Crippen LogP contribution < -0.4 is 0 Å². The first-order valence-corrected chi connectivity index (χ1v) is 12.3. The second-order valence-corrected chi connectivity index (χ2v) is 10.8. The highest BCUT2D eigenvalue weighted by atomic mass is 32.2. The number of carbonyl (C=O) groups is 1. The van der Waals surface area contributed by atoms with E-state index in [1.165, 1.54) is 4.31 Å². The van der Waals surface area contributed by atoms with Gasteiger partial charge in [0.2, 0.25) is 15.9 Å². The van der Waals surface area contributed by atoms with Crippen LogP contribution in [-0.2, 0) is 33.0 Å². The van der Waals surface area contributed by atoms with Crippen molar-refractivity contribution in [2.24, 2.45) is 7.05 Å². The topological polar surface area (TPSA) is 97.6 Å². The maximum atomic E-state index is 13.2. The number of sulfonamides is 1. The van der Waals surface area contributed by atoms with Crippen LogP contribution >= 0.6 is 0 Å². The number of carbonyl (C=O) groups excluding carboxylic acids is 1. The first-order valence-electron chi connectivity index (χ1n) is 10.8. The molecule has 0 bridgehead atoms. The fourth-order valence-corrected chi connectivity index (χ4v) is 6.72. The zero-order valence-corrected chi connectivity index (χ0v) is 19.5. The van der Waals surface area contributed by atoms with Crippen molar-refractivity contribution in [1.82, 2.24) is 24.0 Å². The lowest BCUT2D eigenvalue weighted by Crippen LogP contribution is -2.52. The van der Waals surface area contributed by atoms with Gasteiger partial charge in [-0.05, 0) is 44.7 Å². The van der Waals surface area contributed by atoms with Gasteiger partial charge in [-0.15, -0.1) is 0 Å². The summed E-state index contributed by atoms with van der Waals surface area (Å²) < 4.78 is 34.7. The molecule has 2 aromatic heterocycles. The summed E-state index contributed by atoms with van der Waals surface area (Å²) in [6, 6.07) is 0. The number of amides is 1. The molecule has 31 heavy (non-hydrogen) atoms. The number of aryl methyl sites for hydroxylation is 4. The summed E-state index contributed by atoms with van der Waals surface area (Å²) in [6.45, 7) is 8.35. The van der Waals surface area contributed by atoms with E-state index in [1.54, 1.807) is 9.58 Å². The van der Waals surface area contributed by atoms with E-state index in [0.29, 0.717) is 45.7 Å². The Bertz CT molecular complexity index is 1100. The van der Waals surface area contributed by atoms with Crippen molar-refractivity contribution in [2.45, 2.75) is 45.3 Å². The normalized spacial score (nSPS) is 21.0. The predicted molar refractivity (Wildman–Crippen MR) is 117 cm³/mol. The van der Waals surface area contributed by atoms with Gasteiger partial charge >= 0.3 is 0 Å². The fraction of sp³-hybridized carbons (Fsp3) is 0.667. The molecular weight excluding hydrogens is 418 g/mol. The summed E-state index contributed by atoms with van der Waals surface area (Å²) in [6.07, 6.45) is 1.50. The van der Waals surface area contributed by atoms with E-state index >= 15 is 0 Å². The number of pyridine rings is 1. The maximum absolute atomic E-state index is 13.2. The van der Waals surface area contributed by atoms with Crippen LogP contribution in [0.4, 0.5) is 0 Å². The van der Waals surface area contributed by atoms with Crippen LogP contribution in [0.1, 0.15) is 35.4 Å². The minimum absolute atomic E-state index is 0.0456. The number of hydrogen-bond donors (Lipinski definition) is 0. The molecule has 0 spiro atoms. The molecule has 0 aliphatic carbocycles. The number of fused-ring (bicyclic) bond motifs is 1. The maximum Gasteiger partial charge on any atom is 0.227 e. The Balaban J connectivity index is 1.53. The summed E-state index contributed by atoms with van der Waals surface area (Å²) in [4.78, 5) is 19.6. The van der Waals surface area contributed by atoms with Gasteiger partial charge in [-0.1, -0.05) is 0 Å². The number of aromatic nitrogens is 3. The quantitative estimate of drug-likeness (QED) is 0.693. The van der Waals surface area contributed by atoms with E-state index in [0.717, 1.165) is 33.5 Å². The SMILES string of the molecule is Cc1nc2c(c(C)nn2C)c(C)c1CC(=O)N1CCCC(S(=O)(=O)N2CCOCC2)C1. The highest BCUT2D eigenvalue weighted by Crippen LogP contribution is 2.27. The minimum Gasteiger partial charge on any atom is -0.379 e. The van der Waals surface area contributed by atoms with Crippen molar-refractivity contribution in [2.75, 3.05) is 39.4 Å². The second-order valence-electron chi connectivity index (χ2n) is 8.55. The molecule has 2 aliphatic heterocycles. The smallest absolute Gasteiger partial charge is 0.227 e. The number of nitrogens with zero attached hydrogens (tertiary/aromatic N) is 5. The molecule has 0 saturated carbocycles. The van der Waals surface area contributed by atoms with Crippen molar-refractivity contribution in [3.8, 4) is 0 Å². The van der Waals surface area contributed by atoms with Crippen molar-refractivity contribution in [3.05, 3.63) is 22.5 Å². The second kappa shape index (κ2) is 8.48. The Morgan fingerprint density at radius 3 is 2.55 bits per heavy atom. The molecule has 0 aromatic carbocycles. The van der Waals surface area contributed by atoms with Crippen LogP contribution in [0.3, 0.4) is 0 Å². The van der Waals surface area contributed by atoms with E-state index in [1.807, 2.05) is 27.8 Å². The van der Waals surface area contributed by atoms with Gasteiger partial charge in [-0.3, -0.25) is 9.48 Å². The van der Waals surface area contributed by atoms with Gasteiger partial charge in [0.25, 0.3) is 0 Å².